The van der Waals surface area contributed by atoms with Gasteiger partial charge in [-0.3, -0.25) is 14.9 Å². The second-order valence-electron chi connectivity index (χ2n) is 9.16. The summed E-state index contributed by atoms with van der Waals surface area (Å²) in [5.41, 5.74) is 4.38. The van der Waals surface area contributed by atoms with Gasteiger partial charge in [-0.25, -0.2) is 4.98 Å². The molecule has 32 heavy (non-hydrogen) atoms. The molecule has 0 spiro atoms. The van der Waals surface area contributed by atoms with E-state index in [1.807, 2.05) is 68.1 Å². The quantitative estimate of drug-likeness (QED) is 0.530. The summed E-state index contributed by atoms with van der Waals surface area (Å²) >= 11 is 0. The lowest BCUT2D eigenvalue weighted by Crippen LogP contribution is -2.36. The highest BCUT2D eigenvalue weighted by Gasteiger charge is 2.44. The molecule has 0 aliphatic carbocycles. The van der Waals surface area contributed by atoms with Gasteiger partial charge in [0.2, 0.25) is 11.9 Å². The van der Waals surface area contributed by atoms with Crippen molar-refractivity contribution in [3.05, 3.63) is 47.5 Å². The van der Waals surface area contributed by atoms with Crippen molar-refractivity contribution in [2.24, 2.45) is 0 Å². The molecule has 3 aromatic rings. The van der Waals surface area contributed by atoms with Crippen LogP contribution in [0.2, 0.25) is 0 Å². The van der Waals surface area contributed by atoms with Crippen molar-refractivity contribution < 1.29 is 9.59 Å². The lowest BCUT2D eigenvalue weighted by atomic mass is 9.86. The number of hydrogen-bond acceptors (Lipinski definition) is 4. The Morgan fingerprint density at radius 3 is 2.69 bits per heavy atom. The van der Waals surface area contributed by atoms with Crippen molar-refractivity contribution in [3.63, 3.8) is 0 Å². The molecule has 7 nitrogen and oxygen atoms in total. The summed E-state index contributed by atoms with van der Waals surface area (Å²) in [7, 11) is 3.88. The zero-order valence-electron chi connectivity index (χ0n) is 19.5. The van der Waals surface area contributed by atoms with Crippen molar-refractivity contribution in [1.29, 1.82) is 0 Å². The molecule has 2 amide bonds. The van der Waals surface area contributed by atoms with Gasteiger partial charge in [-0.05, 0) is 56.2 Å². The number of aromatic amines is 1. The fraction of sp³-hybridized carbons (Fsp3) is 0.400. The van der Waals surface area contributed by atoms with Gasteiger partial charge in [0, 0.05) is 31.9 Å². The van der Waals surface area contributed by atoms with E-state index in [2.05, 4.69) is 22.2 Å². The van der Waals surface area contributed by atoms with Crippen LogP contribution < -0.4 is 15.1 Å². The number of nitrogens with one attached hydrogen (secondary N) is 2. The van der Waals surface area contributed by atoms with E-state index in [4.69, 9.17) is 0 Å². The Bertz CT molecular complexity index is 1180. The summed E-state index contributed by atoms with van der Waals surface area (Å²) in [6, 6.07) is 11.4. The Kier molecular flexibility index (Phi) is 5.67. The highest BCUT2D eigenvalue weighted by molar-refractivity contribution is 6.10. The third-order valence-electron chi connectivity index (χ3n) is 6.19. The van der Waals surface area contributed by atoms with E-state index in [0.29, 0.717) is 18.1 Å². The summed E-state index contributed by atoms with van der Waals surface area (Å²) in [6.07, 6.45) is 3.18. The minimum Gasteiger partial charge on any atom is -0.378 e. The average molecular weight is 434 g/mol. The number of carbonyl (C=O) groups is 2. The summed E-state index contributed by atoms with van der Waals surface area (Å²) in [6.45, 7) is 6.81. The maximum atomic E-state index is 13.1. The molecule has 0 saturated heterocycles. The predicted molar refractivity (Wildman–Crippen MR) is 130 cm³/mol. The van der Waals surface area contributed by atoms with Gasteiger partial charge in [0.1, 0.15) is 0 Å². The summed E-state index contributed by atoms with van der Waals surface area (Å²) < 4.78 is 0. The first-order valence-electron chi connectivity index (χ1n) is 11.2. The standard InChI is InChI=1S/C25H31N5O2/c1-6-7-8-12-30-21-15-20-19(14-18(21)25(2,3)23(30)32)26-24(27-20)28-22(31)16-10-9-11-17(13-16)29(4)5/h9-11,13-15H,6-8,12H2,1-5H3,(H2,26,27,28,31). The molecule has 1 aromatic heterocycles. The number of H-pyrrole nitrogens is 1. The fourth-order valence-corrected chi connectivity index (χ4v) is 4.24. The van der Waals surface area contributed by atoms with Crippen molar-refractivity contribution in [1.82, 2.24) is 9.97 Å². The molecule has 4 rings (SSSR count). The molecule has 2 aromatic carbocycles. The number of amides is 2. The van der Waals surface area contributed by atoms with Crippen LogP contribution in [-0.4, -0.2) is 42.4 Å². The summed E-state index contributed by atoms with van der Waals surface area (Å²) in [5, 5.41) is 2.87. The van der Waals surface area contributed by atoms with Crippen LogP contribution in [0.15, 0.2) is 36.4 Å². The molecule has 7 heteroatoms. The third-order valence-corrected chi connectivity index (χ3v) is 6.19. The Hall–Kier alpha value is -3.35. The second kappa shape index (κ2) is 8.30. The first-order chi connectivity index (χ1) is 15.2. The highest BCUT2D eigenvalue weighted by Crippen LogP contribution is 2.43. The van der Waals surface area contributed by atoms with E-state index >= 15 is 0 Å². The molecule has 168 valence electrons. The number of anilines is 3. The van der Waals surface area contributed by atoms with Crippen LogP contribution >= 0.6 is 0 Å². The Morgan fingerprint density at radius 1 is 1.19 bits per heavy atom. The van der Waals surface area contributed by atoms with E-state index in [9.17, 15) is 9.59 Å². The third kappa shape index (κ3) is 3.83. The van der Waals surface area contributed by atoms with Crippen LogP contribution in [0.4, 0.5) is 17.3 Å². The maximum Gasteiger partial charge on any atom is 0.258 e. The van der Waals surface area contributed by atoms with Crippen LogP contribution in [0, 0.1) is 0 Å². The predicted octanol–water partition coefficient (Wildman–Crippen LogP) is 4.70. The van der Waals surface area contributed by atoms with E-state index in [-0.39, 0.29) is 11.8 Å². The Labute approximate surface area is 188 Å². The zero-order valence-corrected chi connectivity index (χ0v) is 19.5. The van der Waals surface area contributed by atoms with E-state index < -0.39 is 5.41 Å². The summed E-state index contributed by atoms with van der Waals surface area (Å²) in [5.74, 6) is 0.299. The largest absolute Gasteiger partial charge is 0.378 e. The molecule has 0 fully saturated rings. The Balaban J connectivity index is 1.62. The van der Waals surface area contributed by atoms with E-state index in [1.54, 1.807) is 6.07 Å². The van der Waals surface area contributed by atoms with Gasteiger partial charge in [0.15, 0.2) is 0 Å². The number of benzene rings is 2. The van der Waals surface area contributed by atoms with Gasteiger partial charge in [-0.15, -0.1) is 0 Å². The molecular formula is C25H31N5O2. The SMILES string of the molecule is CCCCCN1C(=O)C(C)(C)c2cc3[nH]c(NC(=O)c4cccc(N(C)C)c4)nc3cc21. The molecule has 0 atom stereocenters. The molecular weight excluding hydrogens is 402 g/mol. The molecule has 2 heterocycles. The number of carbonyl (C=O) groups excluding carboxylic acids is 2. The van der Waals surface area contributed by atoms with Crippen LogP contribution in [0.5, 0.6) is 0 Å². The van der Waals surface area contributed by atoms with E-state index in [0.717, 1.165) is 47.2 Å². The van der Waals surface area contributed by atoms with Crippen LogP contribution in [0.25, 0.3) is 11.0 Å². The number of unbranched alkanes of at least 4 members (excludes halogenated alkanes) is 2. The lowest BCUT2D eigenvalue weighted by molar-refractivity contribution is -0.122. The van der Waals surface area contributed by atoms with Crippen LogP contribution in [0.3, 0.4) is 0 Å². The number of hydrogen-bond donors (Lipinski definition) is 2. The van der Waals surface area contributed by atoms with Crippen LogP contribution in [-0.2, 0) is 10.2 Å². The molecule has 0 radical (unpaired) electrons. The van der Waals surface area contributed by atoms with Gasteiger partial charge in [0.05, 0.1) is 22.1 Å². The monoisotopic (exact) mass is 433 g/mol. The second-order valence-corrected chi connectivity index (χ2v) is 9.16. The molecule has 0 unspecified atom stereocenters. The van der Waals surface area contributed by atoms with Gasteiger partial charge in [0.25, 0.3) is 5.91 Å². The maximum absolute atomic E-state index is 13.1. The summed E-state index contributed by atoms with van der Waals surface area (Å²) in [4.78, 5) is 37.5. The fourth-order valence-electron chi connectivity index (χ4n) is 4.24. The number of imidazole rings is 1. The molecule has 1 aliphatic heterocycles. The van der Waals surface area contributed by atoms with Crippen molar-refractivity contribution in [2.45, 2.75) is 45.4 Å². The van der Waals surface area contributed by atoms with Crippen molar-refractivity contribution in [2.75, 3.05) is 35.8 Å². The number of rotatable bonds is 7. The highest BCUT2D eigenvalue weighted by atomic mass is 16.2. The van der Waals surface area contributed by atoms with Gasteiger partial charge < -0.3 is 14.8 Å². The average Bonchev–Trinajstić information content (AvgIpc) is 3.23. The van der Waals surface area contributed by atoms with E-state index in [1.165, 1.54) is 0 Å². The first kappa shape index (κ1) is 21.9. The smallest absolute Gasteiger partial charge is 0.258 e. The lowest BCUT2D eigenvalue weighted by Gasteiger charge is -2.20. The minimum atomic E-state index is -0.586. The topological polar surface area (TPSA) is 81.3 Å². The number of nitrogens with zero attached hydrogens (tertiary/aromatic N) is 3. The van der Waals surface area contributed by atoms with Crippen molar-refractivity contribution in [3.8, 4) is 0 Å². The number of aromatic nitrogens is 2. The zero-order chi connectivity index (χ0) is 23.0. The molecule has 1 aliphatic rings. The minimum absolute atomic E-state index is 0.130. The number of fused-ring (bicyclic) bond motifs is 2. The normalized spacial score (nSPS) is 14.7. The molecule has 2 N–H and O–H groups in total. The molecule has 0 saturated carbocycles. The van der Waals surface area contributed by atoms with Gasteiger partial charge in [-0.2, -0.15) is 0 Å². The first-order valence-corrected chi connectivity index (χ1v) is 11.2. The van der Waals surface area contributed by atoms with Crippen LogP contribution in [0.1, 0.15) is 56.0 Å². The van der Waals surface area contributed by atoms with Gasteiger partial charge in [-0.1, -0.05) is 25.8 Å². The van der Waals surface area contributed by atoms with Crippen molar-refractivity contribution >= 4 is 40.2 Å². The molecule has 0 bridgehead atoms. The Morgan fingerprint density at radius 2 is 1.97 bits per heavy atom. The van der Waals surface area contributed by atoms with Gasteiger partial charge >= 0.3 is 0 Å².